The van der Waals surface area contributed by atoms with Gasteiger partial charge in [-0.2, -0.15) is 5.10 Å². The SMILES string of the molecule is CCOC(=O)CN1C(=O)/C(=N\NC(=S)Nc2ccccc2)c2cc(OC(F)(F)F)ccc21. The lowest BCUT2D eigenvalue weighted by atomic mass is 10.1. The molecule has 0 unspecified atom stereocenters. The van der Waals surface area contributed by atoms with Crippen LogP contribution in [0, 0.1) is 0 Å². The van der Waals surface area contributed by atoms with Gasteiger partial charge < -0.3 is 14.8 Å². The summed E-state index contributed by atoms with van der Waals surface area (Å²) >= 11 is 5.14. The number of nitrogens with zero attached hydrogens (tertiary/aromatic N) is 2. The van der Waals surface area contributed by atoms with E-state index in [0.29, 0.717) is 5.69 Å². The molecular weight excluding hydrogens is 449 g/mol. The molecule has 0 atom stereocenters. The van der Waals surface area contributed by atoms with Crippen molar-refractivity contribution in [2.75, 3.05) is 23.4 Å². The summed E-state index contributed by atoms with van der Waals surface area (Å²) in [5, 5.41) is 6.86. The fourth-order valence-corrected chi connectivity index (χ4v) is 3.04. The maximum absolute atomic E-state index is 12.9. The molecule has 1 aliphatic rings. The van der Waals surface area contributed by atoms with Crippen molar-refractivity contribution in [3.05, 3.63) is 54.1 Å². The predicted molar refractivity (Wildman–Crippen MR) is 114 cm³/mol. The first-order valence-corrected chi connectivity index (χ1v) is 9.66. The van der Waals surface area contributed by atoms with Gasteiger partial charge in [-0.3, -0.25) is 19.9 Å². The molecule has 0 aromatic heterocycles. The molecule has 1 aliphatic heterocycles. The van der Waals surface area contributed by atoms with E-state index >= 15 is 0 Å². The Hall–Kier alpha value is -3.67. The number of rotatable bonds is 6. The third-order valence-corrected chi connectivity index (χ3v) is 4.28. The number of fused-ring (bicyclic) bond motifs is 1. The number of hydrogen-bond donors (Lipinski definition) is 2. The first-order chi connectivity index (χ1) is 15.2. The van der Waals surface area contributed by atoms with Crippen LogP contribution < -0.4 is 20.4 Å². The zero-order valence-electron chi connectivity index (χ0n) is 16.6. The van der Waals surface area contributed by atoms with Crippen LogP contribution >= 0.6 is 12.2 Å². The van der Waals surface area contributed by atoms with Gasteiger partial charge in [0.2, 0.25) is 0 Å². The molecule has 3 rings (SSSR count). The van der Waals surface area contributed by atoms with Crippen LogP contribution in [0.4, 0.5) is 24.5 Å². The molecule has 32 heavy (non-hydrogen) atoms. The number of hydrazone groups is 1. The second-order valence-corrected chi connectivity index (χ2v) is 6.72. The summed E-state index contributed by atoms with van der Waals surface area (Å²) in [7, 11) is 0. The molecule has 0 saturated carbocycles. The lowest BCUT2D eigenvalue weighted by molar-refractivity contribution is -0.274. The molecule has 0 fully saturated rings. The van der Waals surface area contributed by atoms with Crippen molar-refractivity contribution in [1.82, 2.24) is 5.43 Å². The van der Waals surface area contributed by atoms with Crippen molar-refractivity contribution >= 4 is 46.3 Å². The number of nitrogens with one attached hydrogen (secondary N) is 2. The molecule has 2 aromatic rings. The number of amides is 1. The Morgan fingerprint density at radius 2 is 1.91 bits per heavy atom. The number of carbonyl (C=O) groups is 2. The number of ether oxygens (including phenoxy) is 2. The molecule has 2 aromatic carbocycles. The Labute approximate surface area is 186 Å². The highest BCUT2D eigenvalue weighted by Crippen LogP contribution is 2.34. The molecular formula is C20H17F3N4O4S. The summed E-state index contributed by atoms with van der Waals surface area (Å²) in [6.45, 7) is 1.27. The summed E-state index contributed by atoms with van der Waals surface area (Å²) in [6, 6.07) is 12.2. The smallest absolute Gasteiger partial charge is 0.465 e. The van der Waals surface area contributed by atoms with Gasteiger partial charge in [-0.25, -0.2) is 0 Å². The van der Waals surface area contributed by atoms with Crippen molar-refractivity contribution in [3.63, 3.8) is 0 Å². The number of thiocarbonyl (C=S) groups is 1. The molecule has 8 nitrogen and oxygen atoms in total. The quantitative estimate of drug-likeness (QED) is 0.384. The van der Waals surface area contributed by atoms with E-state index < -0.39 is 30.5 Å². The normalized spacial score (nSPS) is 14.2. The first kappa shape index (κ1) is 23.0. The van der Waals surface area contributed by atoms with E-state index in [1.807, 2.05) is 6.07 Å². The molecule has 0 saturated heterocycles. The predicted octanol–water partition coefficient (Wildman–Crippen LogP) is 3.19. The van der Waals surface area contributed by atoms with Gasteiger partial charge in [0.05, 0.1) is 12.3 Å². The Morgan fingerprint density at radius 1 is 1.19 bits per heavy atom. The molecule has 0 spiro atoms. The minimum absolute atomic E-state index is 0.0380. The van der Waals surface area contributed by atoms with Gasteiger partial charge in [0.1, 0.15) is 12.3 Å². The van der Waals surface area contributed by atoms with Crippen molar-refractivity contribution < 1.29 is 32.2 Å². The van der Waals surface area contributed by atoms with Crippen LogP contribution in [0.5, 0.6) is 5.75 Å². The van der Waals surface area contributed by atoms with Crippen molar-refractivity contribution in [2.24, 2.45) is 5.10 Å². The monoisotopic (exact) mass is 466 g/mol. The van der Waals surface area contributed by atoms with Crippen LogP contribution in [0.2, 0.25) is 0 Å². The number of esters is 1. The summed E-state index contributed by atoms with van der Waals surface area (Å²) in [4.78, 5) is 25.9. The average molecular weight is 466 g/mol. The van der Waals surface area contributed by atoms with Gasteiger partial charge in [0.15, 0.2) is 10.8 Å². The fraction of sp³-hybridized carbons (Fsp3) is 0.200. The highest BCUT2D eigenvalue weighted by Gasteiger charge is 2.37. The maximum Gasteiger partial charge on any atom is 0.573 e. The van der Waals surface area contributed by atoms with Crippen molar-refractivity contribution in [1.29, 1.82) is 0 Å². The van der Waals surface area contributed by atoms with Gasteiger partial charge in [0.25, 0.3) is 5.91 Å². The number of hydrogen-bond acceptors (Lipinski definition) is 6. The summed E-state index contributed by atoms with van der Waals surface area (Å²) in [5.74, 6) is -1.94. The highest BCUT2D eigenvalue weighted by atomic mass is 32.1. The summed E-state index contributed by atoms with van der Waals surface area (Å²) in [6.07, 6.45) is -4.92. The lowest BCUT2D eigenvalue weighted by Gasteiger charge is -2.16. The standard InChI is InChI=1S/C20H17F3N4O4S/c1-2-30-16(28)11-27-15-9-8-13(31-20(21,22)23)10-14(15)17(18(27)29)25-26-19(32)24-12-6-4-3-5-7-12/h3-10H,2,11H2,1H3,(H2,24,26,32)/b25-17-. The van der Waals surface area contributed by atoms with E-state index in [4.69, 9.17) is 17.0 Å². The maximum atomic E-state index is 12.9. The van der Waals surface area contributed by atoms with E-state index in [-0.39, 0.29) is 28.7 Å². The molecule has 12 heteroatoms. The zero-order valence-corrected chi connectivity index (χ0v) is 17.4. The van der Waals surface area contributed by atoms with Gasteiger partial charge >= 0.3 is 12.3 Å². The Morgan fingerprint density at radius 3 is 2.56 bits per heavy atom. The second-order valence-electron chi connectivity index (χ2n) is 6.32. The van der Waals surface area contributed by atoms with Gasteiger partial charge in [-0.1, -0.05) is 18.2 Å². The van der Waals surface area contributed by atoms with Crippen LogP contribution in [0.3, 0.4) is 0 Å². The molecule has 1 amide bonds. The van der Waals surface area contributed by atoms with Crippen LogP contribution in [-0.4, -0.2) is 42.2 Å². The van der Waals surface area contributed by atoms with Crippen molar-refractivity contribution in [3.8, 4) is 5.75 Å². The lowest BCUT2D eigenvalue weighted by Crippen LogP contribution is -2.36. The Bertz CT molecular complexity index is 1060. The van der Waals surface area contributed by atoms with E-state index in [1.54, 1.807) is 31.2 Å². The van der Waals surface area contributed by atoms with Crippen LogP contribution in [0.25, 0.3) is 0 Å². The number of para-hydroxylation sites is 1. The number of carbonyl (C=O) groups excluding carboxylic acids is 2. The number of anilines is 2. The third kappa shape index (κ3) is 5.72. The number of benzene rings is 2. The van der Waals surface area contributed by atoms with Crippen LogP contribution in [0.15, 0.2) is 53.6 Å². The largest absolute Gasteiger partial charge is 0.573 e. The van der Waals surface area contributed by atoms with Gasteiger partial charge in [-0.05, 0) is 49.5 Å². The first-order valence-electron chi connectivity index (χ1n) is 9.25. The fourth-order valence-electron chi connectivity index (χ4n) is 2.88. The molecule has 2 N–H and O–H groups in total. The summed E-state index contributed by atoms with van der Waals surface area (Å²) in [5.41, 5.74) is 3.13. The Kier molecular flexibility index (Phi) is 6.93. The number of halogens is 3. The topological polar surface area (TPSA) is 92.3 Å². The molecule has 0 aliphatic carbocycles. The zero-order chi connectivity index (χ0) is 23.3. The molecule has 168 valence electrons. The molecule has 0 radical (unpaired) electrons. The Balaban J connectivity index is 1.88. The molecule has 1 heterocycles. The van der Waals surface area contributed by atoms with E-state index in [9.17, 15) is 22.8 Å². The average Bonchev–Trinajstić information content (AvgIpc) is 2.96. The number of alkyl halides is 3. The minimum atomic E-state index is -4.92. The van der Waals surface area contributed by atoms with Crippen molar-refractivity contribution in [2.45, 2.75) is 13.3 Å². The van der Waals surface area contributed by atoms with E-state index in [2.05, 4.69) is 20.6 Å². The summed E-state index contributed by atoms with van der Waals surface area (Å²) < 4.78 is 46.7. The van der Waals surface area contributed by atoms with Gasteiger partial charge in [0, 0.05) is 11.3 Å². The van der Waals surface area contributed by atoms with E-state index in [1.165, 1.54) is 6.07 Å². The third-order valence-electron chi connectivity index (χ3n) is 4.09. The van der Waals surface area contributed by atoms with E-state index in [0.717, 1.165) is 17.0 Å². The minimum Gasteiger partial charge on any atom is -0.465 e. The van der Waals surface area contributed by atoms with Crippen LogP contribution in [-0.2, 0) is 14.3 Å². The van der Waals surface area contributed by atoms with Gasteiger partial charge in [-0.15, -0.1) is 13.2 Å². The van der Waals surface area contributed by atoms with Crippen LogP contribution in [0.1, 0.15) is 12.5 Å². The highest BCUT2D eigenvalue weighted by molar-refractivity contribution is 7.80. The second kappa shape index (κ2) is 9.64. The molecule has 0 bridgehead atoms.